The van der Waals surface area contributed by atoms with Crippen LogP contribution in [-0.2, 0) is 6.54 Å². The molecule has 3 aromatic rings. The van der Waals surface area contributed by atoms with Crippen LogP contribution in [0, 0.1) is 6.92 Å². The Labute approximate surface area is 161 Å². The summed E-state index contributed by atoms with van der Waals surface area (Å²) in [6, 6.07) is 25.1. The van der Waals surface area contributed by atoms with Crippen molar-refractivity contribution < 1.29 is 0 Å². The second-order valence-corrected chi connectivity index (χ2v) is 7.28. The zero-order valence-electron chi connectivity index (χ0n) is 16.1. The van der Waals surface area contributed by atoms with Crippen LogP contribution in [0.2, 0.25) is 0 Å². The predicted molar refractivity (Wildman–Crippen MR) is 115 cm³/mol. The molecule has 4 rings (SSSR count). The van der Waals surface area contributed by atoms with E-state index in [0.717, 1.165) is 29.6 Å². The van der Waals surface area contributed by atoms with E-state index >= 15 is 0 Å². The van der Waals surface area contributed by atoms with Crippen molar-refractivity contribution >= 4 is 23.0 Å². The maximum absolute atomic E-state index is 4.99. The van der Waals surface area contributed by atoms with Crippen molar-refractivity contribution in [3.8, 4) is 0 Å². The Hall–Kier alpha value is -3.07. The van der Waals surface area contributed by atoms with E-state index in [1.165, 1.54) is 16.7 Å². The van der Waals surface area contributed by atoms with Crippen LogP contribution < -0.4 is 10.2 Å². The number of benzene rings is 3. The highest BCUT2D eigenvalue weighted by atomic mass is 15.3. The van der Waals surface area contributed by atoms with Crippen LogP contribution in [0.5, 0.6) is 0 Å². The molecule has 0 unspecified atom stereocenters. The molecule has 3 heteroatoms. The predicted octanol–water partition coefficient (Wildman–Crippen LogP) is 6.24. The van der Waals surface area contributed by atoms with Gasteiger partial charge in [0.25, 0.3) is 0 Å². The van der Waals surface area contributed by atoms with Gasteiger partial charge in [0.05, 0.1) is 12.2 Å². The number of fused-ring (bicyclic) bond motifs is 1. The van der Waals surface area contributed by atoms with Crippen LogP contribution in [0.4, 0.5) is 17.1 Å². The van der Waals surface area contributed by atoms with Gasteiger partial charge in [-0.05, 0) is 54.3 Å². The highest BCUT2D eigenvalue weighted by molar-refractivity contribution is 6.07. The van der Waals surface area contributed by atoms with Gasteiger partial charge in [-0.25, -0.2) is 4.99 Å². The maximum atomic E-state index is 4.99. The zero-order chi connectivity index (χ0) is 18.8. The van der Waals surface area contributed by atoms with E-state index < -0.39 is 0 Å². The van der Waals surface area contributed by atoms with E-state index in [1.807, 2.05) is 24.3 Å². The van der Waals surface area contributed by atoms with E-state index in [0.29, 0.717) is 5.92 Å². The van der Waals surface area contributed by atoms with Crippen molar-refractivity contribution in [1.82, 2.24) is 0 Å². The second-order valence-electron chi connectivity index (χ2n) is 7.28. The van der Waals surface area contributed by atoms with Crippen LogP contribution in [-0.4, -0.2) is 5.96 Å². The van der Waals surface area contributed by atoms with Gasteiger partial charge in [-0.3, -0.25) is 0 Å². The fraction of sp³-hybridized carbons (Fsp3) is 0.208. The molecule has 0 saturated carbocycles. The average Bonchev–Trinajstić information content (AvgIpc) is 2.69. The van der Waals surface area contributed by atoms with Gasteiger partial charge in [0, 0.05) is 16.9 Å². The van der Waals surface area contributed by atoms with E-state index in [4.69, 9.17) is 4.99 Å². The molecule has 0 fully saturated rings. The summed E-state index contributed by atoms with van der Waals surface area (Å²) in [5.74, 6) is 1.37. The Kier molecular flexibility index (Phi) is 4.68. The summed E-state index contributed by atoms with van der Waals surface area (Å²) in [4.78, 5) is 7.25. The number of nitrogens with one attached hydrogen (secondary N) is 1. The minimum atomic E-state index is 0.508. The molecule has 0 atom stereocenters. The first-order valence-electron chi connectivity index (χ1n) is 9.49. The fourth-order valence-electron chi connectivity index (χ4n) is 3.67. The molecule has 1 N–H and O–H groups in total. The summed E-state index contributed by atoms with van der Waals surface area (Å²) in [6.07, 6.45) is 0. The number of aliphatic imine (C=N–C) groups is 1. The summed E-state index contributed by atoms with van der Waals surface area (Å²) in [5.41, 5.74) is 7.30. The molecular formula is C24H25N3. The van der Waals surface area contributed by atoms with Gasteiger partial charge in [0.1, 0.15) is 0 Å². The van der Waals surface area contributed by atoms with Crippen LogP contribution in [0.3, 0.4) is 0 Å². The van der Waals surface area contributed by atoms with Gasteiger partial charge < -0.3 is 10.2 Å². The number of rotatable bonds is 3. The lowest BCUT2D eigenvalue weighted by atomic mass is 9.92. The van der Waals surface area contributed by atoms with Gasteiger partial charge in [-0.2, -0.15) is 0 Å². The molecule has 0 aliphatic carbocycles. The summed E-state index contributed by atoms with van der Waals surface area (Å²) < 4.78 is 0. The third-order valence-electron chi connectivity index (χ3n) is 5.13. The van der Waals surface area contributed by atoms with Gasteiger partial charge in [-0.15, -0.1) is 0 Å². The molecule has 0 radical (unpaired) electrons. The van der Waals surface area contributed by atoms with Crippen LogP contribution in [0.1, 0.15) is 36.5 Å². The molecule has 136 valence electrons. The lowest BCUT2D eigenvalue weighted by molar-refractivity contribution is 0.844. The quantitative estimate of drug-likeness (QED) is 0.602. The monoisotopic (exact) mass is 355 g/mol. The maximum Gasteiger partial charge on any atom is 0.208 e. The van der Waals surface area contributed by atoms with Gasteiger partial charge in [-0.1, -0.05) is 56.3 Å². The summed E-state index contributed by atoms with van der Waals surface area (Å²) in [6.45, 7) is 7.53. The first-order valence-corrected chi connectivity index (χ1v) is 9.49. The van der Waals surface area contributed by atoms with Gasteiger partial charge >= 0.3 is 0 Å². The highest BCUT2D eigenvalue weighted by Gasteiger charge is 2.24. The van der Waals surface area contributed by atoms with Crippen molar-refractivity contribution in [3.63, 3.8) is 0 Å². The zero-order valence-corrected chi connectivity index (χ0v) is 16.1. The topological polar surface area (TPSA) is 27.6 Å². The fourth-order valence-corrected chi connectivity index (χ4v) is 3.67. The Morgan fingerprint density at radius 1 is 0.889 bits per heavy atom. The van der Waals surface area contributed by atoms with E-state index in [2.05, 4.69) is 79.5 Å². The molecule has 0 bridgehead atoms. The van der Waals surface area contributed by atoms with Crippen molar-refractivity contribution in [1.29, 1.82) is 0 Å². The van der Waals surface area contributed by atoms with E-state index in [1.54, 1.807) is 0 Å². The largest absolute Gasteiger partial charge is 0.326 e. The molecule has 0 spiro atoms. The molecule has 1 heterocycles. The number of para-hydroxylation sites is 2. The van der Waals surface area contributed by atoms with E-state index in [-0.39, 0.29) is 0 Å². The second kappa shape index (κ2) is 7.28. The highest BCUT2D eigenvalue weighted by Crippen LogP contribution is 2.35. The normalized spacial score (nSPS) is 13.3. The summed E-state index contributed by atoms with van der Waals surface area (Å²) in [7, 11) is 0. The molecule has 1 aliphatic rings. The molecule has 1 aliphatic heterocycles. The lowest BCUT2D eigenvalue weighted by Gasteiger charge is -2.32. The Morgan fingerprint density at radius 2 is 1.56 bits per heavy atom. The lowest BCUT2D eigenvalue weighted by Crippen LogP contribution is -2.38. The summed E-state index contributed by atoms with van der Waals surface area (Å²) >= 11 is 0. The first kappa shape index (κ1) is 17.3. The third-order valence-corrected chi connectivity index (χ3v) is 5.13. The minimum Gasteiger partial charge on any atom is -0.326 e. The first-order chi connectivity index (χ1) is 13.1. The van der Waals surface area contributed by atoms with Crippen LogP contribution in [0.15, 0.2) is 77.8 Å². The molecule has 27 heavy (non-hydrogen) atoms. The Morgan fingerprint density at radius 3 is 2.22 bits per heavy atom. The SMILES string of the molecule is Cc1c(C(C)C)ccc2c1CN(c1ccccc1)C(Nc1ccccc1)=N2. The summed E-state index contributed by atoms with van der Waals surface area (Å²) in [5, 5.41) is 3.50. The third kappa shape index (κ3) is 3.45. The Balaban J connectivity index is 1.80. The molecular weight excluding hydrogens is 330 g/mol. The standard InChI is InChI=1S/C24H25N3/c1-17(2)21-14-15-23-22(18(21)3)16-27(20-12-8-5-9-13-20)24(26-23)25-19-10-6-4-7-11-19/h4-15,17H,16H2,1-3H3,(H,25,26). The number of nitrogens with zero attached hydrogens (tertiary/aromatic N) is 2. The molecule has 0 saturated heterocycles. The van der Waals surface area contributed by atoms with Crippen LogP contribution >= 0.6 is 0 Å². The van der Waals surface area contributed by atoms with Gasteiger partial charge in [0.15, 0.2) is 0 Å². The number of hydrogen-bond acceptors (Lipinski definition) is 3. The van der Waals surface area contributed by atoms with Gasteiger partial charge in [0.2, 0.25) is 5.96 Å². The molecule has 3 nitrogen and oxygen atoms in total. The van der Waals surface area contributed by atoms with Crippen LogP contribution in [0.25, 0.3) is 0 Å². The van der Waals surface area contributed by atoms with Crippen molar-refractivity contribution in [3.05, 3.63) is 89.5 Å². The molecule has 3 aromatic carbocycles. The van der Waals surface area contributed by atoms with Crippen molar-refractivity contribution in [2.24, 2.45) is 4.99 Å². The van der Waals surface area contributed by atoms with Crippen molar-refractivity contribution in [2.75, 3.05) is 10.2 Å². The number of hydrogen-bond donors (Lipinski definition) is 1. The minimum absolute atomic E-state index is 0.508. The molecule has 0 amide bonds. The average molecular weight is 355 g/mol. The smallest absolute Gasteiger partial charge is 0.208 e. The Bertz CT molecular complexity index is 960. The number of anilines is 2. The van der Waals surface area contributed by atoms with Crippen molar-refractivity contribution in [2.45, 2.75) is 33.2 Å². The van der Waals surface area contributed by atoms with E-state index in [9.17, 15) is 0 Å². The molecule has 0 aromatic heterocycles. The number of guanidine groups is 1.